The molecule has 16 heavy (non-hydrogen) atoms. The van der Waals surface area contributed by atoms with E-state index >= 15 is 0 Å². The summed E-state index contributed by atoms with van der Waals surface area (Å²) in [4.78, 5) is 25.1. The van der Waals surface area contributed by atoms with Gasteiger partial charge in [-0.25, -0.2) is 0 Å². The summed E-state index contributed by atoms with van der Waals surface area (Å²) >= 11 is 0. The van der Waals surface area contributed by atoms with Crippen LogP contribution in [0.4, 0.5) is 0 Å². The molecule has 2 fully saturated rings. The molecule has 5 nitrogen and oxygen atoms in total. The number of hydrogen-bond donors (Lipinski definition) is 1. The standard InChI is InChI=1S/C11H18N2O3/c1-7(9-3-4-16-6-9)13-8(2)11(15)12-5-10(13)14/h7-9H,3-6H2,1-2H3,(H,12,15). The average Bonchev–Trinajstić information content (AvgIpc) is 2.77. The van der Waals surface area contributed by atoms with E-state index in [1.165, 1.54) is 0 Å². The van der Waals surface area contributed by atoms with Crippen LogP contribution >= 0.6 is 0 Å². The molecular weight excluding hydrogens is 208 g/mol. The summed E-state index contributed by atoms with van der Waals surface area (Å²) in [5.74, 6) is 0.300. The summed E-state index contributed by atoms with van der Waals surface area (Å²) in [6.07, 6.45) is 0.972. The Labute approximate surface area is 95.1 Å². The summed E-state index contributed by atoms with van der Waals surface area (Å²) < 4.78 is 5.33. The van der Waals surface area contributed by atoms with E-state index in [1.54, 1.807) is 11.8 Å². The maximum Gasteiger partial charge on any atom is 0.242 e. The van der Waals surface area contributed by atoms with Crippen LogP contribution in [-0.4, -0.2) is 48.6 Å². The average molecular weight is 226 g/mol. The largest absolute Gasteiger partial charge is 0.381 e. The highest BCUT2D eigenvalue weighted by molar-refractivity contribution is 5.94. The molecule has 0 saturated carbocycles. The molecule has 2 aliphatic heterocycles. The monoisotopic (exact) mass is 226 g/mol. The van der Waals surface area contributed by atoms with Crippen LogP contribution in [0.2, 0.25) is 0 Å². The van der Waals surface area contributed by atoms with Crippen molar-refractivity contribution in [1.82, 2.24) is 10.2 Å². The Morgan fingerprint density at radius 1 is 1.50 bits per heavy atom. The summed E-state index contributed by atoms with van der Waals surface area (Å²) in [6, 6.07) is -0.284. The number of carbonyl (C=O) groups excluding carboxylic acids is 2. The Balaban J connectivity index is 2.09. The molecule has 0 aliphatic carbocycles. The molecule has 0 radical (unpaired) electrons. The normalized spacial score (nSPS) is 32.8. The number of carbonyl (C=O) groups is 2. The molecule has 2 rings (SSSR count). The predicted molar refractivity (Wildman–Crippen MR) is 57.7 cm³/mol. The first-order valence-electron chi connectivity index (χ1n) is 5.78. The molecule has 0 aromatic carbocycles. The lowest BCUT2D eigenvalue weighted by Gasteiger charge is -2.39. The minimum Gasteiger partial charge on any atom is -0.381 e. The molecule has 2 heterocycles. The molecule has 2 saturated heterocycles. The third kappa shape index (κ3) is 1.91. The highest BCUT2D eigenvalue weighted by Gasteiger charge is 2.38. The van der Waals surface area contributed by atoms with E-state index in [-0.39, 0.29) is 30.4 Å². The number of ether oxygens (including phenoxy) is 1. The third-order valence-corrected chi connectivity index (χ3v) is 3.58. The number of hydrogen-bond acceptors (Lipinski definition) is 3. The summed E-state index contributed by atoms with van der Waals surface area (Å²) in [5.41, 5.74) is 0. The van der Waals surface area contributed by atoms with Gasteiger partial charge in [0.25, 0.3) is 0 Å². The highest BCUT2D eigenvalue weighted by atomic mass is 16.5. The van der Waals surface area contributed by atoms with Crippen molar-refractivity contribution in [2.45, 2.75) is 32.4 Å². The summed E-state index contributed by atoms with van der Waals surface area (Å²) in [5, 5.41) is 2.60. The van der Waals surface area contributed by atoms with Gasteiger partial charge in [-0.3, -0.25) is 9.59 Å². The Morgan fingerprint density at radius 3 is 2.88 bits per heavy atom. The molecule has 2 amide bonds. The van der Waals surface area contributed by atoms with Crippen molar-refractivity contribution in [3.63, 3.8) is 0 Å². The van der Waals surface area contributed by atoms with Crippen LogP contribution in [0.15, 0.2) is 0 Å². The van der Waals surface area contributed by atoms with Gasteiger partial charge in [-0.05, 0) is 20.3 Å². The van der Waals surface area contributed by atoms with Gasteiger partial charge in [-0.1, -0.05) is 0 Å². The zero-order valence-corrected chi connectivity index (χ0v) is 9.73. The smallest absolute Gasteiger partial charge is 0.242 e. The van der Waals surface area contributed by atoms with E-state index < -0.39 is 0 Å². The van der Waals surface area contributed by atoms with Crippen LogP contribution in [0.5, 0.6) is 0 Å². The fraction of sp³-hybridized carbons (Fsp3) is 0.818. The number of piperazine rings is 1. The molecular formula is C11H18N2O3. The maximum absolute atomic E-state index is 11.8. The zero-order valence-electron chi connectivity index (χ0n) is 9.73. The van der Waals surface area contributed by atoms with Gasteiger partial charge in [0.05, 0.1) is 13.2 Å². The second kappa shape index (κ2) is 4.41. The van der Waals surface area contributed by atoms with E-state index in [4.69, 9.17) is 4.74 Å². The molecule has 3 atom stereocenters. The van der Waals surface area contributed by atoms with Crippen molar-refractivity contribution in [3.05, 3.63) is 0 Å². The van der Waals surface area contributed by atoms with Gasteiger partial charge < -0.3 is 15.0 Å². The Bertz CT molecular complexity index is 300. The van der Waals surface area contributed by atoms with Crippen LogP contribution in [0.3, 0.4) is 0 Å². The minimum absolute atomic E-state index is 0.00602. The van der Waals surface area contributed by atoms with Crippen LogP contribution in [-0.2, 0) is 14.3 Å². The fourth-order valence-corrected chi connectivity index (χ4v) is 2.48. The molecule has 0 bridgehead atoms. The lowest BCUT2D eigenvalue weighted by Crippen LogP contribution is -2.61. The molecule has 5 heteroatoms. The Kier molecular flexibility index (Phi) is 3.14. The van der Waals surface area contributed by atoms with Crippen molar-refractivity contribution in [2.24, 2.45) is 5.92 Å². The maximum atomic E-state index is 11.8. The second-order valence-corrected chi connectivity index (χ2v) is 4.56. The lowest BCUT2D eigenvalue weighted by atomic mass is 9.96. The van der Waals surface area contributed by atoms with Crippen molar-refractivity contribution in [2.75, 3.05) is 19.8 Å². The first-order chi connectivity index (χ1) is 7.61. The van der Waals surface area contributed by atoms with Gasteiger partial charge in [0.1, 0.15) is 6.04 Å². The third-order valence-electron chi connectivity index (χ3n) is 3.58. The van der Waals surface area contributed by atoms with Crippen LogP contribution in [0, 0.1) is 5.92 Å². The van der Waals surface area contributed by atoms with E-state index in [2.05, 4.69) is 5.32 Å². The number of amides is 2. The first kappa shape index (κ1) is 11.4. The molecule has 3 unspecified atom stereocenters. The number of nitrogens with zero attached hydrogens (tertiary/aromatic N) is 1. The predicted octanol–water partition coefficient (Wildman–Crippen LogP) is -0.242. The van der Waals surface area contributed by atoms with E-state index in [0.29, 0.717) is 12.5 Å². The van der Waals surface area contributed by atoms with Gasteiger partial charge in [0.2, 0.25) is 11.8 Å². The van der Waals surface area contributed by atoms with Crippen molar-refractivity contribution in [1.29, 1.82) is 0 Å². The minimum atomic E-state index is -0.364. The Morgan fingerprint density at radius 2 is 2.25 bits per heavy atom. The van der Waals surface area contributed by atoms with E-state index in [0.717, 1.165) is 13.0 Å². The van der Waals surface area contributed by atoms with Gasteiger partial charge in [-0.15, -0.1) is 0 Å². The summed E-state index contributed by atoms with van der Waals surface area (Å²) in [7, 11) is 0. The fourth-order valence-electron chi connectivity index (χ4n) is 2.48. The summed E-state index contributed by atoms with van der Waals surface area (Å²) in [6.45, 7) is 5.36. The molecule has 2 aliphatic rings. The van der Waals surface area contributed by atoms with Crippen molar-refractivity contribution < 1.29 is 14.3 Å². The van der Waals surface area contributed by atoms with Crippen LogP contribution < -0.4 is 5.32 Å². The highest BCUT2D eigenvalue weighted by Crippen LogP contribution is 2.23. The van der Waals surface area contributed by atoms with Crippen LogP contribution in [0.1, 0.15) is 20.3 Å². The van der Waals surface area contributed by atoms with Gasteiger partial charge >= 0.3 is 0 Å². The first-order valence-corrected chi connectivity index (χ1v) is 5.78. The molecule has 0 aromatic heterocycles. The van der Waals surface area contributed by atoms with Crippen molar-refractivity contribution >= 4 is 11.8 Å². The number of nitrogens with one attached hydrogen (secondary N) is 1. The quantitative estimate of drug-likeness (QED) is 0.707. The number of rotatable bonds is 2. The van der Waals surface area contributed by atoms with Crippen LogP contribution in [0.25, 0.3) is 0 Å². The Hall–Kier alpha value is -1.10. The molecule has 0 spiro atoms. The van der Waals surface area contributed by atoms with E-state index in [9.17, 15) is 9.59 Å². The molecule has 1 N–H and O–H groups in total. The lowest BCUT2D eigenvalue weighted by molar-refractivity contribution is -0.148. The molecule has 0 aromatic rings. The van der Waals surface area contributed by atoms with Gasteiger partial charge in [-0.2, -0.15) is 0 Å². The second-order valence-electron chi connectivity index (χ2n) is 4.56. The van der Waals surface area contributed by atoms with Gasteiger partial charge in [0.15, 0.2) is 0 Å². The van der Waals surface area contributed by atoms with Crippen molar-refractivity contribution in [3.8, 4) is 0 Å². The molecule has 90 valence electrons. The topological polar surface area (TPSA) is 58.6 Å². The zero-order chi connectivity index (χ0) is 11.7. The SMILES string of the molecule is CC1C(=O)NCC(=O)N1C(C)C1CCOC1. The van der Waals surface area contributed by atoms with E-state index in [1.807, 2.05) is 6.92 Å². The van der Waals surface area contributed by atoms with Gasteiger partial charge in [0, 0.05) is 18.6 Å².